The van der Waals surface area contributed by atoms with Gasteiger partial charge in [0.25, 0.3) is 5.91 Å². The summed E-state index contributed by atoms with van der Waals surface area (Å²) in [7, 11) is 3.56. The van der Waals surface area contributed by atoms with Gasteiger partial charge in [-0.15, -0.1) is 0 Å². The Morgan fingerprint density at radius 1 is 1.23 bits per heavy atom. The SMILES string of the molecule is COc1ccc(C(=O)NCc2ccc3c(c2)ncn3C)cc1. The van der Waals surface area contributed by atoms with E-state index in [1.54, 1.807) is 37.7 Å². The van der Waals surface area contributed by atoms with E-state index in [9.17, 15) is 4.79 Å². The predicted octanol–water partition coefficient (Wildman–Crippen LogP) is 2.51. The molecule has 0 aliphatic carbocycles. The zero-order chi connectivity index (χ0) is 15.5. The highest BCUT2D eigenvalue weighted by atomic mass is 16.5. The fourth-order valence-corrected chi connectivity index (χ4v) is 2.32. The van der Waals surface area contributed by atoms with Crippen molar-refractivity contribution < 1.29 is 9.53 Å². The largest absolute Gasteiger partial charge is 0.497 e. The van der Waals surface area contributed by atoms with Crippen LogP contribution in [0.4, 0.5) is 0 Å². The normalized spacial score (nSPS) is 10.6. The first-order valence-electron chi connectivity index (χ1n) is 6.99. The van der Waals surface area contributed by atoms with Gasteiger partial charge in [-0.1, -0.05) is 6.07 Å². The average Bonchev–Trinajstić information content (AvgIpc) is 2.93. The molecule has 1 aromatic heterocycles. The molecule has 0 spiro atoms. The number of rotatable bonds is 4. The molecule has 112 valence electrons. The second-order valence-corrected chi connectivity index (χ2v) is 5.09. The Morgan fingerprint density at radius 2 is 2.00 bits per heavy atom. The topological polar surface area (TPSA) is 56.1 Å². The molecule has 0 fully saturated rings. The van der Waals surface area contributed by atoms with Crippen molar-refractivity contribution in [2.24, 2.45) is 7.05 Å². The molecular weight excluding hydrogens is 278 g/mol. The highest BCUT2D eigenvalue weighted by Crippen LogP contribution is 2.14. The zero-order valence-electron chi connectivity index (χ0n) is 12.5. The maximum absolute atomic E-state index is 12.1. The number of amides is 1. The highest BCUT2D eigenvalue weighted by Gasteiger charge is 2.06. The Hall–Kier alpha value is -2.82. The summed E-state index contributed by atoms with van der Waals surface area (Å²) in [4.78, 5) is 16.4. The number of fused-ring (bicyclic) bond motifs is 1. The van der Waals surface area contributed by atoms with Crippen molar-refractivity contribution in [2.45, 2.75) is 6.54 Å². The van der Waals surface area contributed by atoms with Crippen LogP contribution in [0.5, 0.6) is 5.75 Å². The lowest BCUT2D eigenvalue weighted by Gasteiger charge is -2.06. The van der Waals surface area contributed by atoms with Crippen molar-refractivity contribution in [2.75, 3.05) is 7.11 Å². The average molecular weight is 295 g/mol. The monoisotopic (exact) mass is 295 g/mol. The summed E-state index contributed by atoms with van der Waals surface area (Å²) in [6, 6.07) is 13.0. The van der Waals surface area contributed by atoms with Gasteiger partial charge in [-0.05, 0) is 42.0 Å². The Balaban J connectivity index is 1.68. The standard InChI is InChI=1S/C17H17N3O2/c1-20-11-19-15-9-12(3-8-16(15)20)10-18-17(21)13-4-6-14(22-2)7-5-13/h3-9,11H,10H2,1-2H3,(H,18,21). The van der Waals surface area contributed by atoms with Crippen molar-refractivity contribution in [3.8, 4) is 5.75 Å². The number of aromatic nitrogens is 2. The minimum Gasteiger partial charge on any atom is -0.497 e. The van der Waals surface area contributed by atoms with E-state index < -0.39 is 0 Å². The molecule has 0 atom stereocenters. The number of nitrogens with zero attached hydrogens (tertiary/aromatic N) is 2. The van der Waals surface area contributed by atoms with Gasteiger partial charge in [0.2, 0.25) is 0 Å². The molecule has 2 aromatic carbocycles. The van der Waals surface area contributed by atoms with Crippen molar-refractivity contribution in [3.63, 3.8) is 0 Å². The van der Waals surface area contributed by atoms with Crippen LogP contribution in [0, 0.1) is 0 Å². The third-order valence-electron chi connectivity index (χ3n) is 3.60. The van der Waals surface area contributed by atoms with Gasteiger partial charge in [0.05, 0.1) is 24.5 Å². The maximum atomic E-state index is 12.1. The number of carbonyl (C=O) groups excluding carboxylic acids is 1. The minimum absolute atomic E-state index is 0.108. The lowest BCUT2D eigenvalue weighted by atomic mass is 10.1. The van der Waals surface area contributed by atoms with Gasteiger partial charge in [0, 0.05) is 19.2 Å². The highest BCUT2D eigenvalue weighted by molar-refractivity contribution is 5.94. The van der Waals surface area contributed by atoms with Crippen molar-refractivity contribution >= 4 is 16.9 Å². The molecule has 0 unspecified atom stereocenters. The molecule has 1 heterocycles. The first kappa shape index (κ1) is 14.1. The molecule has 0 saturated heterocycles. The Bertz CT molecular complexity index is 806. The minimum atomic E-state index is -0.108. The van der Waals surface area contributed by atoms with Crippen LogP contribution in [0.2, 0.25) is 0 Å². The van der Waals surface area contributed by atoms with Crippen LogP contribution >= 0.6 is 0 Å². The Morgan fingerprint density at radius 3 is 2.73 bits per heavy atom. The summed E-state index contributed by atoms with van der Waals surface area (Å²) in [5.41, 5.74) is 3.64. The zero-order valence-corrected chi connectivity index (χ0v) is 12.5. The smallest absolute Gasteiger partial charge is 0.251 e. The van der Waals surface area contributed by atoms with Gasteiger partial charge < -0.3 is 14.6 Å². The van der Waals surface area contributed by atoms with E-state index in [0.29, 0.717) is 12.1 Å². The molecule has 0 aliphatic heterocycles. The van der Waals surface area contributed by atoms with Gasteiger partial charge >= 0.3 is 0 Å². The summed E-state index contributed by atoms with van der Waals surface area (Å²) in [5.74, 6) is 0.626. The second-order valence-electron chi connectivity index (χ2n) is 5.09. The molecule has 1 N–H and O–H groups in total. The third-order valence-corrected chi connectivity index (χ3v) is 3.60. The number of methoxy groups -OCH3 is 1. The van der Waals surface area contributed by atoms with Crippen LogP contribution in [0.25, 0.3) is 11.0 Å². The third kappa shape index (κ3) is 2.79. The van der Waals surface area contributed by atoms with Crippen LogP contribution in [0.1, 0.15) is 15.9 Å². The molecule has 0 bridgehead atoms. The molecule has 3 rings (SSSR count). The van der Waals surface area contributed by atoms with Gasteiger partial charge in [-0.2, -0.15) is 0 Å². The summed E-state index contributed by atoms with van der Waals surface area (Å²) < 4.78 is 7.05. The summed E-state index contributed by atoms with van der Waals surface area (Å²) in [5, 5.41) is 2.91. The number of aryl methyl sites for hydroxylation is 1. The van der Waals surface area contributed by atoms with Gasteiger partial charge in [0.15, 0.2) is 0 Å². The molecule has 0 saturated carbocycles. The molecule has 1 amide bonds. The van der Waals surface area contributed by atoms with Crippen molar-refractivity contribution in [1.29, 1.82) is 0 Å². The molecule has 3 aromatic rings. The van der Waals surface area contributed by atoms with Crippen LogP contribution in [0.15, 0.2) is 48.8 Å². The van der Waals surface area contributed by atoms with Crippen molar-refractivity contribution in [1.82, 2.24) is 14.9 Å². The van der Waals surface area contributed by atoms with Crippen molar-refractivity contribution in [3.05, 3.63) is 59.9 Å². The summed E-state index contributed by atoms with van der Waals surface area (Å²) in [6.07, 6.45) is 1.78. The molecule has 0 aliphatic rings. The molecular formula is C17H17N3O2. The van der Waals surface area contributed by atoms with E-state index >= 15 is 0 Å². The number of nitrogens with one attached hydrogen (secondary N) is 1. The second kappa shape index (κ2) is 5.89. The number of ether oxygens (including phenoxy) is 1. The lowest BCUT2D eigenvalue weighted by molar-refractivity contribution is 0.0951. The Kier molecular flexibility index (Phi) is 3.78. The van der Waals surface area contributed by atoms with E-state index in [1.165, 1.54) is 0 Å². The number of imidazole rings is 1. The van der Waals surface area contributed by atoms with E-state index in [4.69, 9.17) is 4.74 Å². The van der Waals surface area contributed by atoms with E-state index in [1.807, 2.05) is 29.8 Å². The van der Waals surface area contributed by atoms with E-state index in [-0.39, 0.29) is 5.91 Å². The fraction of sp³-hybridized carbons (Fsp3) is 0.176. The van der Waals surface area contributed by atoms with Crippen LogP contribution in [0.3, 0.4) is 0 Å². The van der Waals surface area contributed by atoms with Crippen LogP contribution < -0.4 is 10.1 Å². The first-order chi connectivity index (χ1) is 10.7. The van der Waals surface area contributed by atoms with Gasteiger partial charge in [-0.3, -0.25) is 4.79 Å². The van der Waals surface area contributed by atoms with E-state index in [0.717, 1.165) is 22.3 Å². The molecule has 0 radical (unpaired) electrons. The quantitative estimate of drug-likeness (QED) is 0.804. The fourth-order valence-electron chi connectivity index (χ4n) is 2.32. The predicted molar refractivity (Wildman–Crippen MR) is 84.9 cm³/mol. The van der Waals surface area contributed by atoms with Crippen LogP contribution in [-0.2, 0) is 13.6 Å². The van der Waals surface area contributed by atoms with Crippen LogP contribution in [-0.4, -0.2) is 22.6 Å². The molecule has 5 heteroatoms. The first-order valence-corrected chi connectivity index (χ1v) is 6.99. The number of carbonyl (C=O) groups is 1. The summed E-state index contributed by atoms with van der Waals surface area (Å²) in [6.45, 7) is 0.470. The molecule has 22 heavy (non-hydrogen) atoms. The summed E-state index contributed by atoms with van der Waals surface area (Å²) >= 11 is 0. The van der Waals surface area contributed by atoms with Gasteiger partial charge in [0.1, 0.15) is 5.75 Å². The van der Waals surface area contributed by atoms with Gasteiger partial charge in [-0.25, -0.2) is 4.98 Å². The molecule has 5 nitrogen and oxygen atoms in total. The van der Waals surface area contributed by atoms with E-state index in [2.05, 4.69) is 10.3 Å². The number of benzene rings is 2. The number of hydrogen-bond donors (Lipinski definition) is 1. The lowest BCUT2D eigenvalue weighted by Crippen LogP contribution is -2.22. The number of hydrogen-bond acceptors (Lipinski definition) is 3. The maximum Gasteiger partial charge on any atom is 0.251 e. The Labute approximate surface area is 128 Å².